The van der Waals surface area contributed by atoms with E-state index in [1.54, 1.807) is 0 Å². The number of hydrazine groups is 1. The summed E-state index contributed by atoms with van der Waals surface area (Å²) < 4.78 is 5.48. The molecule has 0 saturated heterocycles. The van der Waals surface area contributed by atoms with Crippen LogP contribution in [0.25, 0.3) is 11.1 Å². The Balaban J connectivity index is 1.34. The Morgan fingerprint density at radius 2 is 1.66 bits per heavy atom. The number of hydrogen-bond acceptors (Lipinski definition) is 4. The van der Waals surface area contributed by atoms with Crippen molar-refractivity contribution in [2.75, 3.05) is 18.6 Å². The minimum absolute atomic E-state index is 0.0470. The third-order valence-corrected chi connectivity index (χ3v) is 4.93. The maximum atomic E-state index is 12.1. The summed E-state index contributed by atoms with van der Waals surface area (Å²) in [6.45, 7) is 0.495. The number of benzene rings is 3. The van der Waals surface area contributed by atoms with E-state index in [1.165, 1.54) is 22.3 Å². The van der Waals surface area contributed by atoms with Crippen LogP contribution in [0.15, 0.2) is 72.8 Å². The number of nitrogen functional groups attached to an aromatic ring is 1. The van der Waals surface area contributed by atoms with Crippen LogP contribution >= 0.6 is 0 Å². The van der Waals surface area contributed by atoms with Gasteiger partial charge in [0.1, 0.15) is 6.61 Å². The summed E-state index contributed by atoms with van der Waals surface area (Å²) in [5.41, 5.74) is 8.96. The smallest absolute Gasteiger partial charge is 0.407 e. The standard InChI is InChI=1S/C24H21N3O2/c25-27-18-9-5-7-17(15-18)8-6-14-26-24(28)29-16-23-21-12-3-1-10-19(21)20-11-2-4-13-22(20)23/h1-5,7,9-13,15,23,27H,14,16,25H2,(H,26,28). The highest BCUT2D eigenvalue weighted by Gasteiger charge is 2.28. The highest BCUT2D eigenvalue weighted by Crippen LogP contribution is 2.44. The molecule has 0 aliphatic heterocycles. The molecule has 144 valence electrons. The molecule has 3 aromatic rings. The average Bonchev–Trinajstić information content (AvgIpc) is 3.09. The van der Waals surface area contributed by atoms with Gasteiger partial charge in [-0.25, -0.2) is 4.79 Å². The van der Waals surface area contributed by atoms with Crippen molar-refractivity contribution in [1.29, 1.82) is 0 Å². The number of ether oxygens (including phenoxy) is 1. The quantitative estimate of drug-likeness (QED) is 0.363. The molecule has 1 aliphatic carbocycles. The van der Waals surface area contributed by atoms with Crippen LogP contribution in [0.3, 0.4) is 0 Å². The summed E-state index contributed by atoms with van der Waals surface area (Å²) in [6.07, 6.45) is -0.474. The second-order valence-corrected chi connectivity index (χ2v) is 6.71. The van der Waals surface area contributed by atoms with Gasteiger partial charge < -0.3 is 15.5 Å². The van der Waals surface area contributed by atoms with Crippen molar-refractivity contribution in [2.45, 2.75) is 5.92 Å². The fourth-order valence-electron chi connectivity index (χ4n) is 3.60. The van der Waals surface area contributed by atoms with Crippen molar-refractivity contribution in [1.82, 2.24) is 5.32 Å². The molecule has 1 aliphatic rings. The number of rotatable bonds is 4. The third kappa shape index (κ3) is 4.08. The molecule has 5 nitrogen and oxygen atoms in total. The van der Waals surface area contributed by atoms with Crippen molar-refractivity contribution in [3.63, 3.8) is 0 Å². The van der Waals surface area contributed by atoms with E-state index in [4.69, 9.17) is 10.6 Å². The Hall–Kier alpha value is -3.75. The normalized spacial score (nSPS) is 11.6. The van der Waals surface area contributed by atoms with Crippen LogP contribution in [0.4, 0.5) is 10.5 Å². The predicted octanol–water partition coefficient (Wildman–Crippen LogP) is 3.86. The molecule has 0 atom stereocenters. The largest absolute Gasteiger partial charge is 0.449 e. The van der Waals surface area contributed by atoms with Crippen LogP contribution in [0.1, 0.15) is 22.6 Å². The number of fused-ring (bicyclic) bond motifs is 3. The molecule has 0 unspecified atom stereocenters. The van der Waals surface area contributed by atoms with Crippen LogP contribution in [0.2, 0.25) is 0 Å². The van der Waals surface area contributed by atoms with E-state index in [0.29, 0.717) is 0 Å². The summed E-state index contributed by atoms with van der Waals surface area (Å²) in [4.78, 5) is 12.1. The second-order valence-electron chi connectivity index (χ2n) is 6.71. The molecule has 3 aromatic carbocycles. The van der Waals surface area contributed by atoms with Crippen molar-refractivity contribution in [3.05, 3.63) is 89.5 Å². The number of carbonyl (C=O) groups is 1. The second kappa shape index (κ2) is 8.51. The molecule has 0 heterocycles. The van der Waals surface area contributed by atoms with E-state index in [2.05, 4.69) is 46.8 Å². The summed E-state index contributed by atoms with van der Waals surface area (Å²) >= 11 is 0. The minimum atomic E-state index is -0.474. The van der Waals surface area contributed by atoms with Gasteiger partial charge in [0.2, 0.25) is 0 Å². The molecule has 5 heteroatoms. The predicted molar refractivity (Wildman–Crippen MR) is 114 cm³/mol. The highest BCUT2D eigenvalue weighted by atomic mass is 16.5. The Morgan fingerprint density at radius 3 is 2.34 bits per heavy atom. The van der Waals surface area contributed by atoms with Crippen LogP contribution in [-0.2, 0) is 4.74 Å². The molecule has 0 aromatic heterocycles. The lowest BCUT2D eigenvalue weighted by Gasteiger charge is -2.14. The molecule has 0 bridgehead atoms. The average molecular weight is 383 g/mol. The van der Waals surface area contributed by atoms with Gasteiger partial charge in [-0.1, -0.05) is 66.4 Å². The zero-order chi connectivity index (χ0) is 20.1. The fraction of sp³-hybridized carbons (Fsp3) is 0.125. The first-order valence-electron chi connectivity index (χ1n) is 9.40. The summed E-state index contributed by atoms with van der Waals surface area (Å²) in [5, 5.41) is 2.68. The number of amides is 1. The third-order valence-electron chi connectivity index (χ3n) is 4.93. The Kier molecular flexibility index (Phi) is 5.46. The highest BCUT2D eigenvalue weighted by molar-refractivity contribution is 5.79. The van der Waals surface area contributed by atoms with E-state index in [0.717, 1.165) is 11.3 Å². The van der Waals surface area contributed by atoms with Gasteiger partial charge in [-0.05, 0) is 40.5 Å². The Labute approximate surface area is 169 Å². The monoisotopic (exact) mass is 383 g/mol. The van der Waals surface area contributed by atoms with Crippen LogP contribution in [0, 0.1) is 11.8 Å². The van der Waals surface area contributed by atoms with Gasteiger partial charge in [-0.15, -0.1) is 0 Å². The molecule has 0 spiro atoms. The van der Waals surface area contributed by atoms with E-state index < -0.39 is 6.09 Å². The van der Waals surface area contributed by atoms with Crippen molar-refractivity contribution < 1.29 is 9.53 Å². The number of alkyl carbamates (subject to hydrolysis) is 1. The fourth-order valence-corrected chi connectivity index (χ4v) is 3.60. The van der Waals surface area contributed by atoms with E-state index in [9.17, 15) is 4.79 Å². The van der Waals surface area contributed by atoms with E-state index >= 15 is 0 Å². The first kappa shape index (κ1) is 18.6. The molecule has 0 fully saturated rings. The van der Waals surface area contributed by atoms with Crippen molar-refractivity contribution >= 4 is 11.8 Å². The van der Waals surface area contributed by atoms with Crippen LogP contribution < -0.4 is 16.6 Å². The number of hydrogen-bond donors (Lipinski definition) is 3. The van der Waals surface area contributed by atoms with Crippen LogP contribution in [0.5, 0.6) is 0 Å². The first-order chi connectivity index (χ1) is 14.3. The van der Waals surface area contributed by atoms with E-state index in [-0.39, 0.29) is 19.1 Å². The maximum absolute atomic E-state index is 12.1. The molecule has 4 rings (SSSR count). The number of carbonyl (C=O) groups excluding carboxylic acids is 1. The number of anilines is 1. The summed E-state index contributed by atoms with van der Waals surface area (Å²) in [6, 6.07) is 23.9. The van der Waals surface area contributed by atoms with Crippen LogP contribution in [-0.4, -0.2) is 19.2 Å². The maximum Gasteiger partial charge on any atom is 0.407 e. The van der Waals surface area contributed by atoms with Gasteiger partial charge in [0.05, 0.1) is 6.54 Å². The lowest BCUT2D eigenvalue weighted by Crippen LogP contribution is -2.26. The SMILES string of the molecule is NNc1cccc(C#CCNC(=O)OCC2c3ccccc3-c3ccccc32)c1. The van der Waals surface area contributed by atoms with Gasteiger partial charge >= 0.3 is 6.09 Å². The van der Waals surface area contributed by atoms with Gasteiger partial charge in [0.25, 0.3) is 0 Å². The Morgan fingerprint density at radius 1 is 0.966 bits per heavy atom. The molecule has 4 N–H and O–H groups in total. The number of nitrogens with one attached hydrogen (secondary N) is 2. The first-order valence-corrected chi connectivity index (χ1v) is 9.40. The van der Waals surface area contributed by atoms with Crippen molar-refractivity contribution in [3.8, 4) is 23.0 Å². The summed E-state index contributed by atoms with van der Waals surface area (Å²) in [7, 11) is 0. The lowest BCUT2D eigenvalue weighted by atomic mass is 9.98. The van der Waals surface area contributed by atoms with Gasteiger partial charge in [-0.2, -0.15) is 0 Å². The molecular weight excluding hydrogens is 362 g/mol. The molecular formula is C24H21N3O2. The van der Waals surface area contributed by atoms with Crippen molar-refractivity contribution in [2.24, 2.45) is 5.84 Å². The Bertz CT molecular complexity index is 1050. The van der Waals surface area contributed by atoms with E-state index in [1.807, 2.05) is 48.5 Å². The minimum Gasteiger partial charge on any atom is -0.449 e. The zero-order valence-electron chi connectivity index (χ0n) is 15.8. The zero-order valence-corrected chi connectivity index (χ0v) is 15.8. The van der Waals surface area contributed by atoms with Gasteiger partial charge in [-0.3, -0.25) is 5.84 Å². The molecule has 0 radical (unpaired) electrons. The summed E-state index contributed by atoms with van der Waals surface area (Å²) in [5.74, 6) is 11.3. The lowest BCUT2D eigenvalue weighted by molar-refractivity contribution is 0.144. The van der Waals surface area contributed by atoms with Gasteiger partial charge in [0.15, 0.2) is 0 Å². The number of nitrogens with two attached hydrogens (primary N) is 1. The molecule has 1 amide bonds. The topological polar surface area (TPSA) is 76.4 Å². The van der Waals surface area contributed by atoms with Gasteiger partial charge in [0, 0.05) is 17.2 Å². The molecule has 0 saturated carbocycles. The molecule has 29 heavy (non-hydrogen) atoms.